The predicted molar refractivity (Wildman–Crippen MR) is 58.0 cm³/mol. The first kappa shape index (κ1) is 11.0. The van der Waals surface area contributed by atoms with Gasteiger partial charge in [-0.25, -0.2) is 0 Å². The van der Waals surface area contributed by atoms with Crippen molar-refractivity contribution < 1.29 is 0 Å². The summed E-state index contributed by atoms with van der Waals surface area (Å²) in [5.74, 6) is 0. The lowest BCUT2D eigenvalue weighted by Gasteiger charge is -2.43. The van der Waals surface area contributed by atoms with E-state index in [0.29, 0.717) is 0 Å². The van der Waals surface area contributed by atoms with Gasteiger partial charge in [0.15, 0.2) is 0 Å². The fourth-order valence-electron chi connectivity index (χ4n) is 2.22. The Morgan fingerprint density at radius 2 is 1.77 bits per heavy atom. The van der Waals surface area contributed by atoms with Crippen LogP contribution in [-0.4, -0.2) is 49.1 Å². The molecule has 2 heteroatoms. The van der Waals surface area contributed by atoms with Crippen molar-refractivity contribution in [2.24, 2.45) is 0 Å². The van der Waals surface area contributed by atoms with Crippen molar-refractivity contribution in [3.05, 3.63) is 0 Å². The summed E-state index contributed by atoms with van der Waals surface area (Å²) in [5, 5.41) is 0. The summed E-state index contributed by atoms with van der Waals surface area (Å²) in [6, 6.07) is 1.50. The molecule has 1 rings (SSSR count). The molecule has 0 N–H and O–H groups in total. The molecule has 2 nitrogen and oxygen atoms in total. The normalized spacial score (nSPS) is 32.3. The van der Waals surface area contributed by atoms with E-state index < -0.39 is 0 Å². The maximum Gasteiger partial charge on any atom is 0.0246 e. The molecule has 0 radical (unpaired) electrons. The molecule has 1 aliphatic rings. The maximum atomic E-state index is 2.53. The molecule has 2 unspecified atom stereocenters. The van der Waals surface area contributed by atoms with E-state index in [-0.39, 0.29) is 0 Å². The Morgan fingerprint density at radius 3 is 2.38 bits per heavy atom. The lowest BCUT2D eigenvalue weighted by molar-refractivity contribution is 0.0561. The average Bonchev–Trinajstić information content (AvgIpc) is 2.12. The number of piperazine rings is 1. The Balaban J connectivity index is 2.45. The van der Waals surface area contributed by atoms with Gasteiger partial charge in [0.25, 0.3) is 0 Å². The summed E-state index contributed by atoms with van der Waals surface area (Å²) in [4.78, 5) is 5.01. The third-order valence-electron chi connectivity index (χ3n) is 3.48. The summed E-state index contributed by atoms with van der Waals surface area (Å²) in [6.07, 6.45) is 4.05. The molecule has 1 aliphatic heterocycles. The van der Waals surface area contributed by atoms with E-state index in [1.54, 1.807) is 0 Å². The zero-order valence-electron chi connectivity index (χ0n) is 9.58. The minimum atomic E-state index is 0.727. The Hall–Kier alpha value is -0.0800. The molecule has 2 atom stereocenters. The zero-order valence-corrected chi connectivity index (χ0v) is 9.58. The Morgan fingerprint density at radius 1 is 1.15 bits per heavy atom. The molecular formula is C11H24N2. The number of likely N-dealkylation sites (N-methyl/N-ethyl adjacent to an activating group) is 2. The van der Waals surface area contributed by atoms with Gasteiger partial charge in [-0.15, -0.1) is 0 Å². The van der Waals surface area contributed by atoms with Crippen molar-refractivity contribution in [3.63, 3.8) is 0 Å². The Labute approximate surface area is 82.9 Å². The Kier molecular flexibility index (Phi) is 4.20. The smallest absolute Gasteiger partial charge is 0.0246 e. The number of hydrogen-bond acceptors (Lipinski definition) is 2. The summed E-state index contributed by atoms with van der Waals surface area (Å²) >= 11 is 0. The molecular weight excluding hydrogens is 160 g/mol. The number of hydrogen-bond donors (Lipinski definition) is 0. The first-order chi connectivity index (χ1) is 6.16. The van der Waals surface area contributed by atoms with Gasteiger partial charge in [-0.1, -0.05) is 19.8 Å². The summed E-state index contributed by atoms with van der Waals surface area (Å²) in [6.45, 7) is 7.09. The summed E-state index contributed by atoms with van der Waals surface area (Å²) in [5.41, 5.74) is 0. The van der Waals surface area contributed by atoms with E-state index in [2.05, 4.69) is 37.7 Å². The van der Waals surface area contributed by atoms with Crippen LogP contribution in [-0.2, 0) is 0 Å². The van der Waals surface area contributed by atoms with E-state index in [1.165, 1.54) is 32.4 Å². The first-order valence-electron chi connectivity index (χ1n) is 5.57. The van der Waals surface area contributed by atoms with Crippen LogP contribution in [0.4, 0.5) is 0 Å². The molecule has 1 heterocycles. The monoisotopic (exact) mass is 184 g/mol. The number of rotatable bonds is 3. The van der Waals surface area contributed by atoms with Crippen molar-refractivity contribution in [1.29, 1.82) is 0 Å². The highest BCUT2D eigenvalue weighted by Gasteiger charge is 2.28. The van der Waals surface area contributed by atoms with Gasteiger partial charge in [0, 0.05) is 25.2 Å². The third kappa shape index (κ3) is 2.68. The van der Waals surface area contributed by atoms with Crippen LogP contribution < -0.4 is 0 Å². The van der Waals surface area contributed by atoms with Crippen LogP contribution in [0.25, 0.3) is 0 Å². The topological polar surface area (TPSA) is 6.48 Å². The van der Waals surface area contributed by atoms with Gasteiger partial charge in [0.1, 0.15) is 0 Å². The summed E-state index contributed by atoms with van der Waals surface area (Å²) < 4.78 is 0. The SMILES string of the molecule is CCCCC1C(C)N(C)CCN1C. The van der Waals surface area contributed by atoms with E-state index >= 15 is 0 Å². The second-order valence-electron chi connectivity index (χ2n) is 4.41. The van der Waals surface area contributed by atoms with Crippen LogP contribution in [0.3, 0.4) is 0 Å². The zero-order chi connectivity index (χ0) is 9.84. The predicted octanol–water partition coefficient (Wildman–Crippen LogP) is 1.81. The lowest BCUT2D eigenvalue weighted by atomic mass is 9.98. The molecule has 1 saturated heterocycles. The van der Waals surface area contributed by atoms with Gasteiger partial charge >= 0.3 is 0 Å². The molecule has 0 spiro atoms. The maximum absolute atomic E-state index is 2.53. The van der Waals surface area contributed by atoms with Crippen LogP contribution in [0.2, 0.25) is 0 Å². The Bertz CT molecular complexity index is 147. The van der Waals surface area contributed by atoms with Crippen LogP contribution >= 0.6 is 0 Å². The van der Waals surface area contributed by atoms with Crippen molar-refractivity contribution in [1.82, 2.24) is 9.80 Å². The van der Waals surface area contributed by atoms with Gasteiger partial charge in [0.2, 0.25) is 0 Å². The van der Waals surface area contributed by atoms with Gasteiger partial charge < -0.3 is 9.80 Å². The van der Waals surface area contributed by atoms with Gasteiger partial charge in [-0.3, -0.25) is 0 Å². The van der Waals surface area contributed by atoms with Gasteiger partial charge in [-0.05, 0) is 27.4 Å². The van der Waals surface area contributed by atoms with E-state index in [9.17, 15) is 0 Å². The van der Waals surface area contributed by atoms with Crippen LogP contribution in [0, 0.1) is 0 Å². The standard InChI is InChI=1S/C11H24N2/c1-5-6-7-11-10(2)12(3)8-9-13(11)4/h10-11H,5-9H2,1-4H3. The van der Waals surface area contributed by atoms with E-state index in [4.69, 9.17) is 0 Å². The molecule has 0 aromatic rings. The lowest BCUT2D eigenvalue weighted by Crippen LogP contribution is -2.55. The fraction of sp³-hybridized carbons (Fsp3) is 1.00. The molecule has 0 aromatic carbocycles. The van der Waals surface area contributed by atoms with Gasteiger partial charge in [0.05, 0.1) is 0 Å². The first-order valence-corrected chi connectivity index (χ1v) is 5.57. The third-order valence-corrected chi connectivity index (χ3v) is 3.48. The highest BCUT2D eigenvalue weighted by atomic mass is 15.3. The van der Waals surface area contributed by atoms with Crippen LogP contribution in [0.1, 0.15) is 33.1 Å². The average molecular weight is 184 g/mol. The second-order valence-corrected chi connectivity index (χ2v) is 4.41. The van der Waals surface area contributed by atoms with E-state index in [1.807, 2.05) is 0 Å². The molecule has 1 fully saturated rings. The van der Waals surface area contributed by atoms with E-state index in [0.717, 1.165) is 12.1 Å². The van der Waals surface area contributed by atoms with Crippen molar-refractivity contribution in [3.8, 4) is 0 Å². The highest BCUT2D eigenvalue weighted by molar-refractivity contribution is 4.85. The molecule has 78 valence electrons. The van der Waals surface area contributed by atoms with Crippen molar-refractivity contribution in [2.45, 2.75) is 45.2 Å². The van der Waals surface area contributed by atoms with Crippen LogP contribution in [0.5, 0.6) is 0 Å². The molecule has 0 amide bonds. The minimum Gasteiger partial charge on any atom is -0.301 e. The molecule has 0 aromatic heterocycles. The van der Waals surface area contributed by atoms with Crippen LogP contribution in [0.15, 0.2) is 0 Å². The minimum absolute atomic E-state index is 0.727. The number of unbranched alkanes of at least 4 members (excludes halogenated alkanes) is 1. The van der Waals surface area contributed by atoms with Gasteiger partial charge in [-0.2, -0.15) is 0 Å². The molecule has 0 saturated carbocycles. The van der Waals surface area contributed by atoms with Crippen molar-refractivity contribution in [2.75, 3.05) is 27.2 Å². The van der Waals surface area contributed by atoms with Crippen molar-refractivity contribution >= 4 is 0 Å². The largest absolute Gasteiger partial charge is 0.301 e. The highest BCUT2D eigenvalue weighted by Crippen LogP contribution is 2.18. The fourth-order valence-corrected chi connectivity index (χ4v) is 2.22. The number of nitrogens with zero attached hydrogens (tertiary/aromatic N) is 2. The summed E-state index contributed by atoms with van der Waals surface area (Å²) in [7, 11) is 4.51. The molecule has 0 bridgehead atoms. The quantitative estimate of drug-likeness (QED) is 0.660. The molecule has 13 heavy (non-hydrogen) atoms. The second kappa shape index (κ2) is 4.97. The molecule has 0 aliphatic carbocycles.